The van der Waals surface area contributed by atoms with E-state index >= 15 is 0 Å². The van der Waals surface area contributed by atoms with Gasteiger partial charge in [-0.3, -0.25) is 4.79 Å². The average molecular weight is 139 g/mol. The topological polar surface area (TPSA) is 71.8 Å². The van der Waals surface area contributed by atoms with Crippen LogP contribution >= 0.6 is 0 Å². The van der Waals surface area contributed by atoms with E-state index in [0.29, 0.717) is 5.69 Å². The smallest absolute Gasteiger partial charge is 0.250 e. The van der Waals surface area contributed by atoms with Crippen molar-refractivity contribution in [3.8, 4) is 0 Å². The van der Waals surface area contributed by atoms with Gasteiger partial charge in [-0.15, -0.1) is 0 Å². The summed E-state index contributed by atoms with van der Waals surface area (Å²) < 4.78 is 0. The first-order valence-electron chi connectivity index (χ1n) is 3.00. The first-order valence-corrected chi connectivity index (χ1v) is 3.00. The SMILES string of the molecule is C[C@@H](N)c1cc(=O)[nH]cn1. The quantitative estimate of drug-likeness (QED) is 0.565. The van der Waals surface area contributed by atoms with E-state index in [1.54, 1.807) is 6.92 Å². The van der Waals surface area contributed by atoms with Gasteiger partial charge in [0, 0.05) is 12.1 Å². The highest BCUT2D eigenvalue weighted by Crippen LogP contribution is 1.98. The van der Waals surface area contributed by atoms with Crippen LogP contribution in [0, 0.1) is 0 Å². The second-order valence-electron chi connectivity index (χ2n) is 2.12. The molecule has 0 unspecified atom stereocenters. The molecule has 0 saturated carbocycles. The third-order valence-corrected chi connectivity index (χ3v) is 1.17. The number of nitrogens with one attached hydrogen (secondary N) is 1. The average Bonchev–Trinajstić information content (AvgIpc) is 1.88. The number of hydrogen-bond donors (Lipinski definition) is 2. The Kier molecular flexibility index (Phi) is 1.82. The highest BCUT2D eigenvalue weighted by molar-refractivity contribution is 5.02. The minimum Gasteiger partial charge on any atom is -0.323 e. The van der Waals surface area contributed by atoms with Gasteiger partial charge in [0.1, 0.15) is 0 Å². The third kappa shape index (κ3) is 1.41. The van der Waals surface area contributed by atoms with E-state index in [4.69, 9.17) is 5.73 Å². The number of aromatic amines is 1. The minimum absolute atomic E-state index is 0.165. The Balaban J connectivity index is 3.07. The maximum Gasteiger partial charge on any atom is 0.250 e. The zero-order chi connectivity index (χ0) is 7.56. The molecule has 10 heavy (non-hydrogen) atoms. The Morgan fingerprint density at radius 2 is 2.50 bits per heavy atom. The highest BCUT2D eigenvalue weighted by Gasteiger charge is 1.98. The van der Waals surface area contributed by atoms with Crippen molar-refractivity contribution in [2.24, 2.45) is 5.73 Å². The van der Waals surface area contributed by atoms with Gasteiger partial charge in [0.25, 0.3) is 5.56 Å². The molecule has 1 heterocycles. The molecule has 54 valence electrons. The van der Waals surface area contributed by atoms with Crippen molar-refractivity contribution in [3.05, 3.63) is 28.4 Å². The fourth-order valence-corrected chi connectivity index (χ4v) is 0.633. The van der Waals surface area contributed by atoms with Gasteiger partial charge in [-0.05, 0) is 6.92 Å². The summed E-state index contributed by atoms with van der Waals surface area (Å²) in [5.41, 5.74) is 5.92. The van der Waals surface area contributed by atoms with E-state index in [-0.39, 0.29) is 11.6 Å². The van der Waals surface area contributed by atoms with Crippen molar-refractivity contribution in [3.63, 3.8) is 0 Å². The summed E-state index contributed by atoms with van der Waals surface area (Å²) in [5, 5.41) is 0. The predicted octanol–water partition coefficient (Wildman–Crippen LogP) is -0.210. The second-order valence-corrected chi connectivity index (χ2v) is 2.12. The van der Waals surface area contributed by atoms with Gasteiger partial charge >= 0.3 is 0 Å². The molecule has 0 aliphatic carbocycles. The van der Waals surface area contributed by atoms with Crippen LogP contribution in [-0.4, -0.2) is 9.97 Å². The maximum absolute atomic E-state index is 10.6. The molecular weight excluding hydrogens is 130 g/mol. The summed E-state index contributed by atoms with van der Waals surface area (Å²) in [7, 11) is 0. The van der Waals surface area contributed by atoms with Crippen LogP contribution in [0.2, 0.25) is 0 Å². The fraction of sp³-hybridized carbons (Fsp3) is 0.333. The Labute approximate surface area is 58.1 Å². The van der Waals surface area contributed by atoms with Crippen molar-refractivity contribution >= 4 is 0 Å². The van der Waals surface area contributed by atoms with Crippen molar-refractivity contribution in [1.82, 2.24) is 9.97 Å². The normalized spacial score (nSPS) is 13.0. The van der Waals surface area contributed by atoms with Crippen LogP contribution in [0.3, 0.4) is 0 Å². The molecule has 0 fully saturated rings. The van der Waals surface area contributed by atoms with E-state index in [1.165, 1.54) is 12.4 Å². The maximum atomic E-state index is 10.6. The monoisotopic (exact) mass is 139 g/mol. The first kappa shape index (κ1) is 6.95. The Morgan fingerprint density at radius 3 is 2.90 bits per heavy atom. The standard InChI is InChI=1S/C6H9N3O/c1-4(7)5-2-6(10)9-3-8-5/h2-4H,7H2,1H3,(H,8,9,10)/t4-/m1/s1. The molecule has 1 aromatic heterocycles. The summed E-state index contributed by atoms with van der Waals surface area (Å²) in [6, 6.07) is 1.22. The summed E-state index contributed by atoms with van der Waals surface area (Å²) in [4.78, 5) is 16.9. The lowest BCUT2D eigenvalue weighted by molar-refractivity contribution is 0.770. The molecule has 1 atom stereocenters. The number of H-pyrrole nitrogens is 1. The molecule has 0 aromatic carbocycles. The first-order chi connectivity index (χ1) is 4.70. The van der Waals surface area contributed by atoms with Crippen LogP contribution in [0.4, 0.5) is 0 Å². The van der Waals surface area contributed by atoms with Crippen LogP contribution in [0.15, 0.2) is 17.2 Å². The lowest BCUT2D eigenvalue weighted by Gasteiger charge is -2.00. The van der Waals surface area contributed by atoms with Crippen molar-refractivity contribution < 1.29 is 0 Å². The molecule has 3 N–H and O–H groups in total. The van der Waals surface area contributed by atoms with Gasteiger partial charge in [-0.2, -0.15) is 0 Å². The van der Waals surface area contributed by atoms with Gasteiger partial charge in [0.15, 0.2) is 0 Å². The molecule has 1 rings (SSSR count). The molecule has 4 heteroatoms. The number of aromatic nitrogens is 2. The number of nitrogens with two attached hydrogens (primary N) is 1. The van der Waals surface area contributed by atoms with Gasteiger partial charge in [-0.25, -0.2) is 4.98 Å². The minimum atomic E-state index is -0.178. The van der Waals surface area contributed by atoms with Gasteiger partial charge in [0.2, 0.25) is 0 Å². The van der Waals surface area contributed by atoms with Crippen molar-refractivity contribution in [1.29, 1.82) is 0 Å². The summed E-state index contributed by atoms with van der Waals surface area (Å²) in [6.07, 6.45) is 1.35. The molecular formula is C6H9N3O. The van der Waals surface area contributed by atoms with E-state index < -0.39 is 0 Å². The van der Waals surface area contributed by atoms with Crippen LogP contribution in [0.5, 0.6) is 0 Å². The summed E-state index contributed by atoms with van der Waals surface area (Å²) in [5.74, 6) is 0. The summed E-state index contributed by atoms with van der Waals surface area (Å²) >= 11 is 0. The number of nitrogens with zero attached hydrogens (tertiary/aromatic N) is 1. The van der Waals surface area contributed by atoms with Crippen LogP contribution in [0.25, 0.3) is 0 Å². The molecule has 0 spiro atoms. The van der Waals surface area contributed by atoms with Gasteiger partial charge < -0.3 is 10.7 Å². The molecule has 0 saturated heterocycles. The second kappa shape index (κ2) is 2.62. The van der Waals surface area contributed by atoms with Crippen LogP contribution in [0.1, 0.15) is 18.7 Å². The molecule has 0 bridgehead atoms. The van der Waals surface area contributed by atoms with Crippen molar-refractivity contribution in [2.75, 3.05) is 0 Å². The van der Waals surface area contributed by atoms with Crippen molar-refractivity contribution in [2.45, 2.75) is 13.0 Å². The van der Waals surface area contributed by atoms with Crippen LogP contribution in [-0.2, 0) is 0 Å². The third-order valence-electron chi connectivity index (χ3n) is 1.17. The van der Waals surface area contributed by atoms with E-state index in [1.807, 2.05) is 0 Å². The molecule has 1 aromatic rings. The Morgan fingerprint density at radius 1 is 1.80 bits per heavy atom. The van der Waals surface area contributed by atoms with E-state index in [9.17, 15) is 4.79 Å². The zero-order valence-corrected chi connectivity index (χ0v) is 5.66. The van der Waals surface area contributed by atoms with E-state index in [0.717, 1.165) is 0 Å². The lowest BCUT2D eigenvalue weighted by atomic mass is 10.2. The Bertz CT molecular complexity index is 266. The van der Waals surface area contributed by atoms with Crippen LogP contribution < -0.4 is 11.3 Å². The highest BCUT2D eigenvalue weighted by atomic mass is 16.1. The lowest BCUT2D eigenvalue weighted by Crippen LogP contribution is -2.13. The predicted molar refractivity (Wildman–Crippen MR) is 37.5 cm³/mol. The zero-order valence-electron chi connectivity index (χ0n) is 5.66. The molecule has 0 amide bonds. The number of rotatable bonds is 1. The largest absolute Gasteiger partial charge is 0.323 e. The molecule has 4 nitrogen and oxygen atoms in total. The summed E-state index contributed by atoms with van der Waals surface area (Å²) in [6.45, 7) is 1.78. The van der Waals surface area contributed by atoms with Gasteiger partial charge in [0.05, 0.1) is 12.0 Å². The Hall–Kier alpha value is -1.16. The number of hydrogen-bond acceptors (Lipinski definition) is 3. The fourth-order valence-electron chi connectivity index (χ4n) is 0.633. The molecule has 0 aliphatic heterocycles. The molecule has 0 aliphatic rings. The molecule has 0 radical (unpaired) electrons. The van der Waals surface area contributed by atoms with Gasteiger partial charge in [-0.1, -0.05) is 0 Å². The van der Waals surface area contributed by atoms with E-state index in [2.05, 4.69) is 9.97 Å².